The molecule has 48 heavy (non-hydrogen) atoms. The zero-order chi connectivity index (χ0) is 31.8. The van der Waals surface area contributed by atoms with Gasteiger partial charge in [0.15, 0.2) is 0 Å². The topological polar surface area (TPSA) is 52.7 Å². The van der Waals surface area contributed by atoms with E-state index >= 15 is 4.79 Å². The molecule has 0 N–H and O–H groups in total. The predicted octanol–water partition coefficient (Wildman–Crippen LogP) is 10.0. The third-order valence-electron chi connectivity index (χ3n) is 9.50. The molecule has 3 heterocycles. The third-order valence-corrected chi connectivity index (χ3v) is 9.50. The summed E-state index contributed by atoms with van der Waals surface area (Å²) < 4.78 is 3.95. The Hall–Kier alpha value is -6.59. The van der Waals surface area contributed by atoms with Gasteiger partial charge in [0.05, 0.1) is 33.1 Å². The second kappa shape index (κ2) is 10.2. The summed E-state index contributed by atoms with van der Waals surface area (Å²) in [5.74, 6) is 0.522. The van der Waals surface area contributed by atoms with Gasteiger partial charge in [0.2, 0.25) is 5.95 Å². The summed E-state index contributed by atoms with van der Waals surface area (Å²) in [6.45, 7) is 0. The lowest BCUT2D eigenvalue weighted by molar-refractivity contribution is 1.01. The molecule has 0 atom stereocenters. The van der Waals surface area contributed by atoms with Crippen molar-refractivity contribution in [2.75, 3.05) is 0 Å². The quantitative estimate of drug-likeness (QED) is 0.186. The molecule has 0 aliphatic rings. The molecule has 0 saturated heterocycles. The standard InChI is InChI=1S/C43H26N4O/c48-42-39-32(31-19-10-12-22-37(31)46(42)30-17-5-2-6-18-30)23-24-33-35-25-28-15-7-8-16-29(28)26-38(35)47(41(33)39)43-44-36-21-11-9-20-34(36)40(45-43)27-13-3-1-4-14-27/h1-26H. The number of nitrogens with zero attached hydrogens (tertiary/aromatic N) is 4. The van der Waals surface area contributed by atoms with Crippen molar-refractivity contribution in [2.45, 2.75) is 0 Å². The molecule has 0 spiro atoms. The van der Waals surface area contributed by atoms with Crippen LogP contribution in [0.3, 0.4) is 0 Å². The van der Waals surface area contributed by atoms with E-state index in [1.54, 1.807) is 0 Å². The smallest absolute Gasteiger partial charge is 0.265 e. The van der Waals surface area contributed by atoms with E-state index in [-0.39, 0.29) is 5.56 Å². The van der Waals surface area contributed by atoms with Gasteiger partial charge in [-0.3, -0.25) is 13.9 Å². The lowest BCUT2D eigenvalue weighted by Crippen LogP contribution is -2.20. The fourth-order valence-electron chi connectivity index (χ4n) is 7.37. The fraction of sp³-hybridized carbons (Fsp3) is 0. The first-order valence-corrected chi connectivity index (χ1v) is 16.1. The van der Waals surface area contributed by atoms with Crippen molar-refractivity contribution < 1.29 is 0 Å². The Balaban J connectivity index is 1.45. The van der Waals surface area contributed by atoms with Gasteiger partial charge in [0.25, 0.3) is 5.56 Å². The van der Waals surface area contributed by atoms with E-state index in [9.17, 15) is 0 Å². The number of hydrogen-bond donors (Lipinski definition) is 0. The number of fused-ring (bicyclic) bond motifs is 9. The van der Waals surface area contributed by atoms with Crippen LogP contribution in [0.4, 0.5) is 0 Å². The highest BCUT2D eigenvalue weighted by Crippen LogP contribution is 2.39. The maximum Gasteiger partial charge on any atom is 0.265 e. The third kappa shape index (κ3) is 3.82. The van der Waals surface area contributed by atoms with Gasteiger partial charge in [0, 0.05) is 32.8 Å². The zero-order valence-corrected chi connectivity index (χ0v) is 25.7. The summed E-state index contributed by atoms with van der Waals surface area (Å²) in [5, 5.41) is 7.77. The molecular weight excluding hydrogens is 589 g/mol. The van der Waals surface area contributed by atoms with Crippen LogP contribution < -0.4 is 5.56 Å². The van der Waals surface area contributed by atoms with Crippen molar-refractivity contribution >= 4 is 65.2 Å². The number of hydrogen-bond acceptors (Lipinski definition) is 3. The van der Waals surface area contributed by atoms with Crippen molar-refractivity contribution in [3.63, 3.8) is 0 Å². The van der Waals surface area contributed by atoms with Crippen molar-refractivity contribution in [1.29, 1.82) is 0 Å². The molecule has 5 nitrogen and oxygen atoms in total. The molecule has 0 aliphatic heterocycles. The molecule has 0 amide bonds. The number of rotatable bonds is 3. The second-order valence-electron chi connectivity index (χ2n) is 12.2. The molecule has 7 aromatic carbocycles. The summed E-state index contributed by atoms with van der Waals surface area (Å²) >= 11 is 0. The second-order valence-corrected chi connectivity index (χ2v) is 12.2. The van der Waals surface area contributed by atoms with Crippen LogP contribution in [-0.4, -0.2) is 19.1 Å². The Labute approximate surface area is 274 Å². The molecule has 10 aromatic rings. The van der Waals surface area contributed by atoms with E-state index in [4.69, 9.17) is 9.97 Å². The minimum atomic E-state index is -0.0850. The van der Waals surface area contributed by atoms with E-state index in [0.717, 1.165) is 76.7 Å². The minimum absolute atomic E-state index is 0.0850. The van der Waals surface area contributed by atoms with Crippen molar-refractivity contribution in [1.82, 2.24) is 19.1 Å². The van der Waals surface area contributed by atoms with Gasteiger partial charge in [-0.05, 0) is 52.6 Å². The van der Waals surface area contributed by atoms with Gasteiger partial charge in [-0.1, -0.05) is 121 Å². The van der Waals surface area contributed by atoms with Crippen molar-refractivity contribution in [3.8, 4) is 22.9 Å². The summed E-state index contributed by atoms with van der Waals surface area (Å²) in [7, 11) is 0. The lowest BCUT2D eigenvalue weighted by Gasteiger charge is -2.15. The van der Waals surface area contributed by atoms with Crippen LogP contribution in [-0.2, 0) is 0 Å². The molecule has 10 rings (SSSR count). The molecule has 0 radical (unpaired) electrons. The lowest BCUT2D eigenvalue weighted by atomic mass is 10.0. The highest BCUT2D eigenvalue weighted by atomic mass is 16.1. The summed E-state index contributed by atoms with van der Waals surface area (Å²) in [6, 6.07) is 53.5. The first-order chi connectivity index (χ1) is 23.7. The van der Waals surface area contributed by atoms with E-state index in [2.05, 4.69) is 77.4 Å². The molecule has 5 heteroatoms. The van der Waals surface area contributed by atoms with Gasteiger partial charge >= 0.3 is 0 Å². The van der Waals surface area contributed by atoms with E-state index < -0.39 is 0 Å². The number of pyridine rings is 1. The maximum absolute atomic E-state index is 15.1. The average molecular weight is 615 g/mol. The average Bonchev–Trinajstić information content (AvgIpc) is 3.47. The summed E-state index contributed by atoms with van der Waals surface area (Å²) in [6.07, 6.45) is 0. The molecular formula is C43H26N4O. The van der Waals surface area contributed by atoms with Crippen LogP contribution in [0.1, 0.15) is 0 Å². The molecule has 224 valence electrons. The highest BCUT2D eigenvalue weighted by molar-refractivity contribution is 6.23. The van der Waals surface area contributed by atoms with E-state index in [1.165, 1.54) is 0 Å². The van der Waals surface area contributed by atoms with Crippen LogP contribution in [0.25, 0.3) is 88.0 Å². The molecule has 0 bridgehead atoms. The van der Waals surface area contributed by atoms with Crippen molar-refractivity contribution in [2.24, 2.45) is 0 Å². The largest absolute Gasteiger partial charge is 0.277 e. The normalized spacial score (nSPS) is 11.8. The Kier molecular flexibility index (Phi) is 5.66. The molecule has 0 saturated carbocycles. The van der Waals surface area contributed by atoms with Gasteiger partial charge in [-0.15, -0.1) is 0 Å². The Morgan fingerprint density at radius 2 is 1.10 bits per heavy atom. The predicted molar refractivity (Wildman–Crippen MR) is 197 cm³/mol. The van der Waals surface area contributed by atoms with Crippen LogP contribution in [0, 0.1) is 0 Å². The molecule has 0 unspecified atom stereocenters. The minimum Gasteiger partial charge on any atom is -0.277 e. The number of benzene rings is 7. The first-order valence-electron chi connectivity index (χ1n) is 16.1. The van der Waals surface area contributed by atoms with Gasteiger partial charge < -0.3 is 0 Å². The van der Waals surface area contributed by atoms with Gasteiger partial charge in [-0.25, -0.2) is 9.97 Å². The Bertz CT molecular complexity index is 2960. The Morgan fingerprint density at radius 1 is 0.458 bits per heavy atom. The fourth-order valence-corrected chi connectivity index (χ4v) is 7.37. The molecule has 3 aromatic heterocycles. The SMILES string of the molecule is O=c1c2c(ccc3c4cc5ccccc5cc4n(-c4nc(-c5ccccc5)c5ccccc5n4)c32)c2ccccc2n1-c1ccccc1. The van der Waals surface area contributed by atoms with Crippen LogP contribution >= 0.6 is 0 Å². The highest BCUT2D eigenvalue weighted by Gasteiger charge is 2.23. The van der Waals surface area contributed by atoms with Crippen LogP contribution in [0.2, 0.25) is 0 Å². The zero-order valence-electron chi connectivity index (χ0n) is 25.7. The van der Waals surface area contributed by atoms with E-state index in [1.807, 2.05) is 89.5 Å². The monoisotopic (exact) mass is 614 g/mol. The van der Waals surface area contributed by atoms with Gasteiger partial charge in [-0.2, -0.15) is 0 Å². The summed E-state index contributed by atoms with van der Waals surface area (Å²) in [5.41, 5.74) is 6.03. The number of aromatic nitrogens is 4. The molecule has 0 fully saturated rings. The first kappa shape index (κ1) is 26.6. The summed E-state index contributed by atoms with van der Waals surface area (Å²) in [4.78, 5) is 25.6. The van der Waals surface area contributed by atoms with Crippen LogP contribution in [0.5, 0.6) is 0 Å². The van der Waals surface area contributed by atoms with Crippen LogP contribution in [0.15, 0.2) is 163 Å². The van der Waals surface area contributed by atoms with E-state index in [0.29, 0.717) is 11.3 Å². The maximum atomic E-state index is 15.1. The number of para-hydroxylation sites is 3. The van der Waals surface area contributed by atoms with Gasteiger partial charge in [0.1, 0.15) is 0 Å². The Morgan fingerprint density at radius 3 is 1.92 bits per heavy atom. The molecule has 0 aliphatic carbocycles. The van der Waals surface area contributed by atoms with Crippen molar-refractivity contribution in [3.05, 3.63) is 168 Å².